The highest BCUT2D eigenvalue weighted by Gasteiger charge is 2.16. The molecule has 0 fully saturated rings. The normalized spacial score (nSPS) is 10.8. The lowest BCUT2D eigenvalue weighted by Gasteiger charge is -2.19. The standard InChI is InChI=1S/C25H22BrN3O3/c1-16-5-4-6-19(13-16)24-28-27-23(32-24)17-7-9-18(10-8-17)25(30)29(2)15-20-14-21(26)11-12-22(20)31-3/h4-14H,15H2,1-3H3. The van der Waals surface area contributed by atoms with Crippen LogP contribution in [0.5, 0.6) is 5.75 Å². The molecule has 7 heteroatoms. The summed E-state index contributed by atoms with van der Waals surface area (Å²) >= 11 is 3.47. The van der Waals surface area contributed by atoms with Crippen LogP contribution in [0, 0.1) is 6.92 Å². The molecule has 6 nitrogen and oxygen atoms in total. The Morgan fingerprint density at radius 3 is 2.41 bits per heavy atom. The van der Waals surface area contributed by atoms with E-state index in [1.807, 2.05) is 61.5 Å². The van der Waals surface area contributed by atoms with E-state index in [1.165, 1.54) is 0 Å². The molecule has 4 aromatic rings. The van der Waals surface area contributed by atoms with Gasteiger partial charge in [0.2, 0.25) is 11.8 Å². The van der Waals surface area contributed by atoms with Crippen LogP contribution in [-0.2, 0) is 6.54 Å². The number of ether oxygens (including phenoxy) is 1. The molecule has 0 aliphatic heterocycles. The first-order valence-electron chi connectivity index (χ1n) is 10.0. The molecule has 32 heavy (non-hydrogen) atoms. The van der Waals surface area contributed by atoms with E-state index in [-0.39, 0.29) is 5.91 Å². The second-order valence-corrected chi connectivity index (χ2v) is 8.39. The van der Waals surface area contributed by atoms with E-state index in [9.17, 15) is 4.79 Å². The zero-order valence-electron chi connectivity index (χ0n) is 18.0. The zero-order valence-corrected chi connectivity index (χ0v) is 19.6. The van der Waals surface area contributed by atoms with Gasteiger partial charge in [0, 0.05) is 40.3 Å². The van der Waals surface area contributed by atoms with E-state index in [4.69, 9.17) is 9.15 Å². The Hall–Kier alpha value is -3.45. The molecule has 0 N–H and O–H groups in total. The summed E-state index contributed by atoms with van der Waals surface area (Å²) in [5, 5.41) is 8.31. The summed E-state index contributed by atoms with van der Waals surface area (Å²) in [7, 11) is 3.39. The van der Waals surface area contributed by atoms with Crippen molar-refractivity contribution in [3.05, 3.63) is 87.9 Å². The predicted octanol–water partition coefficient (Wildman–Crippen LogP) is 5.76. The second-order valence-electron chi connectivity index (χ2n) is 7.48. The van der Waals surface area contributed by atoms with Gasteiger partial charge in [-0.15, -0.1) is 10.2 Å². The molecule has 0 aliphatic rings. The van der Waals surface area contributed by atoms with Crippen LogP contribution >= 0.6 is 15.9 Å². The number of halogens is 1. The van der Waals surface area contributed by atoms with E-state index in [2.05, 4.69) is 26.1 Å². The molecule has 0 spiro atoms. The lowest BCUT2D eigenvalue weighted by atomic mass is 10.1. The van der Waals surface area contributed by atoms with Crippen molar-refractivity contribution >= 4 is 21.8 Å². The first-order chi connectivity index (χ1) is 15.4. The van der Waals surface area contributed by atoms with Crippen molar-refractivity contribution in [3.8, 4) is 28.7 Å². The Morgan fingerprint density at radius 1 is 1.00 bits per heavy atom. The molecule has 0 atom stereocenters. The van der Waals surface area contributed by atoms with Crippen LogP contribution < -0.4 is 4.74 Å². The molecule has 162 valence electrons. The van der Waals surface area contributed by atoms with Gasteiger partial charge in [0.05, 0.1) is 7.11 Å². The van der Waals surface area contributed by atoms with Gasteiger partial charge in [0.25, 0.3) is 5.91 Å². The number of carbonyl (C=O) groups is 1. The molecule has 0 unspecified atom stereocenters. The van der Waals surface area contributed by atoms with Crippen LogP contribution in [0.3, 0.4) is 0 Å². The number of rotatable bonds is 6. The smallest absolute Gasteiger partial charge is 0.253 e. The highest BCUT2D eigenvalue weighted by Crippen LogP contribution is 2.26. The molecule has 0 bridgehead atoms. The van der Waals surface area contributed by atoms with Crippen LogP contribution in [0.4, 0.5) is 0 Å². The molecule has 0 saturated heterocycles. The fourth-order valence-corrected chi connectivity index (χ4v) is 3.82. The number of aromatic nitrogens is 2. The van der Waals surface area contributed by atoms with E-state index in [0.29, 0.717) is 23.9 Å². The van der Waals surface area contributed by atoms with Gasteiger partial charge in [-0.2, -0.15) is 0 Å². The highest BCUT2D eigenvalue weighted by molar-refractivity contribution is 9.10. The Balaban J connectivity index is 1.49. The molecule has 0 saturated carbocycles. The summed E-state index contributed by atoms with van der Waals surface area (Å²) in [6.07, 6.45) is 0. The number of amides is 1. The number of hydrogen-bond acceptors (Lipinski definition) is 5. The van der Waals surface area contributed by atoms with Gasteiger partial charge in [-0.05, 0) is 61.5 Å². The Kier molecular flexibility index (Phi) is 6.37. The molecule has 0 aliphatic carbocycles. The van der Waals surface area contributed by atoms with Gasteiger partial charge >= 0.3 is 0 Å². The maximum Gasteiger partial charge on any atom is 0.253 e. The lowest BCUT2D eigenvalue weighted by molar-refractivity contribution is 0.0784. The number of aryl methyl sites for hydroxylation is 1. The summed E-state index contributed by atoms with van der Waals surface area (Å²) in [6, 6.07) is 20.8. The van der Waals surface area contributed by atoms with Gasteiger partial charge in [-0.1, -0.05) is 33.6 Å². The largest absolute Gasteiger partial charge is 0.496 e. The number of methoxy groups -OCH3 is 1. The SMILES string of the molecule is COc1ccc(Br)cc1CN(C)C(=O)c1ccc(-c2nnc(-c3cccc(C)c3)o2)cc1. The van der Waals surface area contributed by atoms with Crippen molar-refractivity contribution in [2.75, 3.05) is 14.2 Å². The monoisotopic (exact) mass is 491 g/mol. The summed E-state index contributed by atoms with van der Waals surface area (Å²) in [5.74, 6) is 1.52. The summed E-state index contributed by atoms with van der Waals surface area (Å²) in [4.78, 5) is 14.6. The fraction of sp³-hybridized carbons (Fsp3) is 0.160. The van der Waals surface area contributed by atoms with Gasteiger partial charge in [0.15, 0.2) is 0 Å². The Bertz CT molecular complexity index is 1250. The minimum absolute atomic E-state index is 0.0930. The third kappa shape index (κ3) is 4.73. The first-order valence-corrected chi connectivity index (χ1v) is 10.8. The highest BCUT2D eigenvalue weighted by atomic mass is 79.9. The maximum absolute atomic E-state index is 12.9. The molecule has 1 aromatic heterocycles. The summed E-state index contributed by atoms with van der Waals surface area (Å²) in [6.45, 7) is 2.44. The van der Waals surface area contributed by atoms with Crippen molar-refractivity contribution in [2.24, 2.45) is 0 Å². The third-order valence-corrected chi connectivity index (χ3v) is 5.56. The molecular formula is C25H22BrN3O3. The van der Waals surface area contributed by atoms with Crippen LogP contribution in [0.15, 0.2) is 75.6 Å². The maximum atomic E-state index is 12.9. The number of nitrogens with zero attached hydrogens (tertiary/aromatic N) is 3. The zero-order chi connectivity index (χ0) is 22.7. The topological polar surface area (TPSA) is 68.5 Å². The molecule has 0 radical (unpaired) electrons. The second kappa shape index (κ2) is 9.36. The number of hydrogen-bond donors (Lipinski definition) is 0. The van der Waals surface area contributed by atoms with Crippen LogP contribution in [0.25, 0.3) is 22.9 Å². The predicted molar refractivity (Wildman–Crippen MR) is 126 cm³/mol. The van der Waals surface area contributed by atoms with E-state index in [1.54, 1.807) is 31.2 Å². The van der Waals surface area contributed by atoms with Crippen LogP contribution in [-0.4, -0.2) is 35.2 Å². The number of carbonyl (C=O) groups excluding carboxylic acids is 1. The average Bonchev–Trinajstić information content (AvgIpc) is 3.29. The molecule has 1 heterocycles. The lowest BCUT2D eigenvalue weighted by Crippen LogP contribution is -2.26. The minimum Gasteiger partial charge on any atom is -0.496 e. The average molecular weight is 492 g/mol. The minimum atomic E-state index is -0.0930. The van der Waals surface area contributed by atoms with Crippen molar-refractivity contribution in [2.45, 2.75) is 13.5 Å². The van der Waals surface area contributed by atoms with Crippen molar-refractivity contribution in [3.63, 3.8) is 0 Å². The molecule has 3 aromatic carbocycles. The summed E-state index contributed by atoms with van der Waals surface area (Å²) in [5.41, 5.74) is 4.24. The Labute approximate surface area is 195 Å². The first kappa shape index (κ1) is 21.8. The van der Waals surface area contributed by atoms with E-state index >= 15 is 0 Å². The van der Waals surface area contributed by atoms with Gasteiger partial charge < -0.3 is 14.1 Å². The van der Waals surface area contributed by atoms with Crippen molar-refractivity contribution in [1.82, 2.24) is 15.1 Å². The quantitative estimate of drug-likeness (QED) is 0.343. The summed E-state index contributed by atoms with van der Waals surface area (Å²) < 4.78 is 12.2. The van der Waals surface area contributed by atoms with Crippen molar-refractivity contribution < 1.29 is 13.9 Å². The number of benzene rings is 3. The van der Waals surface area contributed by atoms with Crippen molar-refractivity contribution in [1.29, 1.82) is 0 Å². The van der Waals surface area contributed by atoms with E-state index in [0.717, 1.165) is 32.5 Å². The molecule has 1 amide bonds. The van der Waals surface area contributed by atoms with Gasteiger partial charge in [-0.25, -0.2) is 0 Å². The van der Waals surface area contributed by atoms with Gasteiger partial charge in [0.1, 0.15) is 5.75 Å². The van der Waals surface area contributed by atoms with E-state index < -0.39 is 0 Å². The molecular weight excluding hydrogens is 470 g/mol. The molecule has 4 rings (SSSR count). The van der Waals surface area contributed by atoms with Crippen LogP contribution in [0.1, 0.15) is 21.5 Å². The van der Waals surface area contributed by atoms with Gasteiger partial charge in [-0.3, -0.25) is 4.79 Å². The van der Waals surface area contributed by atoms with Crippen LogP contribution in [0.2, 0.25) is 0 Å². The Morgan fingerprint density at radius 2 is 1.72 bits per heavy atom. The fourth-order valence-electron chi connectivity index (χ4n) is 3.41. The third-order valence-electron chi connectivity index (χ3n) is 5.07.